The van der Waals surface area contributed by atoms with Crippen LogP contribution >= 0.6 is 0 Å². The third-order valence-electron chi connectivity index (χ3n) is 5.08. The summed E-state index contributed by atoms with van der Waals surface area (Å²) in [6.45, 7) is 6.31. The van der Waals surface area contributed by atoms with E-state index in [1.807, 2.05) is 0 Å². The largest absolute Gasteiger partial charge is 0.512 e. The Hall–Kier alpha value is -1.69. The summed E-state index contributed by atoms with van der Waals surface area (Å²) in [5.74, 6) is 9.12. The minimum absolute atomic E-state index is 0.320. The van der Waals surface area contributed by atoms with Crippen LogP contribution in [-0.2, 0) is 0 Å². The zero-order valence-electron chi connectivity index (χ0n) is 13.7. The number of likely N-dealkylation sites (tertiary alicyclic amines) is 1. The van der Waals surface area contributed by atoms with Crippen LogP contribution < -0.4 is 0 Å². The lowest BCUT2D eigenvalue weighted by Gasteiger charge is -2.36. The zero-order chi connectivity index (χ0) is 15.5. The van der Waals surface area contributed by atoms with Crippen LogP contribution in [0.5, 0.6) is 0 Å². The van der Waals surface area contributed by atoms with Crippen LogP contribution in [0.1, 0.15) is 52.4 Å². The van der Waals surface area contributed by atoms with Crippen LogP contribution in [0, 0.1) is 23.7 Å². The summed E-state index contributed by atoms with van der Waals surface area (Å²) >= 11 is 0. The molecule has 1 saturated carbocycles. The van der Waals surface area contributed by atoms with Gasteiger partial charge in [-0.1, -0.05) is 24.8 Å². The maximum atomic E-state index is 10.2. The number of amidine groups is 1. The first-order chi connectivity index (χ1) is 10.6. The van der Waals surface area contributed by atoms with Crippen molar-refractivity contribution in [2.75, 3.05) is 13.1 Å². The van der Waals surface area contributed by atoms with Gasteiger partial charge in [-0.15, -0.1) is 0 Å². The molecule has 1 atom stereocenters. The minimum atomic E-state index is 0.320. The van der Waals surface area contributed by atoms with E-state index in [1.54, 1.807) is 0 Å². The number of hydrogen-bond acceptors (Lipinski definition) is 3. The number of hydrogen-bond donors (Lipinski definition) is 1. The fourth-order valence-electron chi connectivity index (χ4n) is 3.41. The lowest BCUT2D eigenvalue weighted by atomic mass is 9.84. The van der Waals surface area contributed by atoms with E-state index in [2.05, 4.69) is 36.7 Å². The monoisotopic (exact) mass is 298 g/mol. The average molecular weight is 298 g/mol. The van der Waals surface area contributed by atoms with Crippen LogP contribution in [-0.4, -0.2) is 28.9 Å². The Kier molecular flexibility index (Phi) is 4.57. The Bertz CT molecular complexity index is 574. The molecule has 0 aromatic rings. The van der Waals surface area contributed by atoms with Gasteiger partial charge in [0.15, 0.2) is 0 Å². The molecule has 118 valence electrons. The molecule has 2 aliphatic heterocycles. The quantitative estimate of drug-likeness (QED) is 0.617. The number of rotatable bonds is 2. The minimum Gasteiger partial charge on any atom is -0.512 e. The van der Waals surface area contributed by atoms with Crippen molar-refractivity contribution in [3.8, 4) is 11.8 Å². The van der Waals surface area contributed by atoms with E-state index >= 15 is 0 Å². The fourth-order valence-corrected chi connectivity index (χ4v) is 3.41. The van der Waals surface area contributed by atoms with Gasteiger partial charge in [0.1, 0.15) is 5.84 Å². The number of aliphatic imine (C=N–C) groups is 1. The molecule has 2 fully saturated rings. The summed E-state index contributed by atoms with van der Waals surface area (Å²) in [6, 6.07) is 0. The van der Waals surface area contributed by atoms with Gasteiger partial charge in [0.25, 0.3) is 0 Å². The van der Waals surface area contributed by atoms with E-state index in [1.165, 1.54) is 5.57 Å². The molecule has 3 heteroatoms. The van der Waals surface area contributed by atoms with E-state index in [4.69, 9.17) is 4.99 Å². The van der Waals surface area contributed by atoms with Gasteiger partial charge in [0.2, 0.25) is 0 Å². The van der Waals surface area contributed by atoms with Crippen molar-refractivity contribution in [2.24, 2.45) is 16.8 Å². The van der Waals surface area contributed by atoms with Gasteiger partial charge < -0.3 is 10.0 Å². The summed E-state index contributed by atoms with van der Waals surface area (Å²) in [5, 5.41) is 10.2. The first-order valence-electron chi connectivity index (χ1n) is 8.51. The molecule has 1 saturated heterocycles. The van der Waals surface area contributed by atoms with E-state index in [0.717, 1.165) is 63.1 Å². The number of allylic oxidation sites excluding steroid dienone is 4. The van der Waals surface area contributed by atoms with Crippen molar-refractivity contribution in [1.29, 1.82) is 0 Å². The lowest BCUT2D eigenvalue weighted by molar-refractivity contribution is 0.190. The fraction of sp³-hybridized carbons (Fsp3) is 0.632. The summed E-state index contributed by atoms with van der Waals surface area (Å²) in [6.07, 6.45) is 8.16. The molecule has 0 aromatic carbocycles. The number of nitrogens with zero attached hydrogens (tertiary/aromatic N) is 2. The predicted molar refractivity (Wildman–Crippen MR) is 90.6 cm³/mol. The SMILES string of the molecule is CC1=CCC#CCC(N2CCC(C(C)C(O)=C3CC3)CC2)=N1. The topological polar surface area (TPSA) is 35.8 Å². The van der Waals surface area contributed by atoms with E-state index in [-0.39, 0.29) is 0 Å². The van der Waals surface area contributed by atoms with E-state index in [9.17, 15) is 5.11 Å². The predicted octanol–water partition coefficient (Wildman–Crippen LogP) is 4.04. The van der Waals surface area contributed by atoms with Gasteiger partial charge in [-0.2, -0.15) is 0 Å². The zero-order valence-corrected chi connectivity index (χ0v) is 13.7. The van der Waals surface area contributed by atoms with Crippen molar-refractivity contribution >= 4 is 5.84 Å². The van der Waals surface area contributed by atoms with Gasteiger partial charge in [0, 0.05) is 31.1 Å². The molecule has 3 rings (SSSR count). The molecular weight excluding hydrogens is 272 g/mol. The van der Waals surface area contributed by atoms with Crippen molar-refractivity contribution < 1.29 is 5.11 Å². The van der Waals surface area contributed by atoms with Crippen molar-refractivity contribution in [2.45, 2.75) is 52.4 Å². The van der Waals surface area contributed by atoms with Gasteiger partial charge >= 0.3 is 0 Å². The molecule has 3 nitrogen and oxygen atoms in total. The summed E-state index contributed by atoms with van der Waals surface area (Å²) in [4.78, 5) is 7.14. The Morgan fingerprint density at radius 3 is 2.73 bits per heavy atom. The van der Waals surface area contributed by atoms with Crippen molar-refractivity contribution in [1.82, 2.24) is 4.90 Å². The van der Waals surface area contributed by atoms with Crippen molar-refractivity contribution in [3.63, 3.8) is 0 Å². The molecule has 3 aliphatic rings. The van der Waals surface area contributed by atoms with Crippen LogP contribution in [0.25, 0.3) is 0 Å². The molecule has 1 unspecified atom stereocenters. The second kappa shape index (κ2) is 6.60. The third kappa shape index (κ3) is 3.55. The second-order valence-corrected chi connectivity index (χ2v) is 6.71. The Morgan fingerprint density at radius 1 is 1.32 bits per heavy atom. The Morgan fingerprint density at radius 2 is 2.05 bits per heavy atom. The molecule has 0 aromatic heterocycles. The molecule has 2 heterocycles. The molecule has 0 amide bonds. The Balaban J connectivity index is 1.61. The smallest absolute Gasteiger partial charge is 0.116 e. The standard InChI is InChI=1S/C19H26N2O/c1-14-6-4-3-5-7-18(20-14)21-12-10-16(11-13-21)15(2)19(22)17-8-9-17/h6,15-16,22H,4,7-13H2,1-2H3. The molecule has 0 bridgehead atoms. The summed E-state index contributed by atoms with van der Waals surface area (Å²) < 4.78 is 0. The van der Waals surface area contributed by atoms with Gasteiger partial charge in [-0.25, -0.2) is 4.99 Å². The van der Waals surface area contributed by atoms with Crippen molar-refractivity contribution in [3.05, 3.63) is 23.1 Å². The average Bonchev–Trinajstić information content (AvgIpc) is 3.34. The Labute approximate surface area is 133 Å². The summed E-state index contributed by atoms with van der Waals surface area (Å²) in [5.41, 5.74) is 2.37. The number of piperidine rings is 1. The highest BCUT2D eigenvalue weighted by Gasteiger charge is 2.30. The maximum Gasteiger partial charge on any atom is 0.116 e. The normalized spacial score (nSPS) is 23.5. The number of aliphatic hydroxyl groups is 1. The molecule has 0 radical (unpaired) electrons. The van der Waals surface area contributed by atoms with Gasteiger partial charge in [0.05, 0.1) is 12.2 Å². The van der Waals surface area contributed by atoms with E-state index in [0.29, 0.717) is 17.6 Å². The highest BCUT2D eigenvalue weighted by Crippen LogP contribution is 2.38. The first-order valence-corrected chi connectivity index (χ1v) is 8.51. The molecule has 1 N–H and O–H groups in total. The molecular formula is C19H26N2O. The van der Waals surface area contributed by atoms with Gasteiger partial charge in [-0.05, 0) is 44.1 Å². The van der Waals surface area contributed by atoms with Crippen LogP contribution in [0.2, 0.25) is 0 Å². The number of aliphatic hydroxyl groups excluding tert-OH is 1. The van der Waals surface area contributed by atoms with E-state index < -0.39 is 0 Å². The maximum absolute atomic E-state index is 10.2. The van der Waals surface area contributed by atoms with Crippen LogP contribution in [0.3, 0.4) is 0 Å². The highest BCUT2D eigenvalue weighted by molar-refractivity contribution is 5.85. The molecule has 22 heavy (non-hydrogen) atoms. The van der Waals surface area contributed by atoms with Crippen LogP contribution in [0.4, 0.5) is 0 Å². The molecule has 0 spiro atoms. The molecule has 1 aliphatic carbocycles. The van der Waals surface area contributed by atoms with Crippen LogP contribution in [0.15, 0.2) is 28.1 Å². The van der Waals surface area contributed by atoms with Gasteiger partial charge in [-0.3, -0.25) is 0 Å². The second-order valence-electron chi connectivity index (χ2n) is 6.71. The first kappa shape index (κ1) is 15.2. The highest BCUT2D eigenvalue weighted by atomic mass is 16.3. The summed E-state index contributed by atoms with van der Waals surface area (Å²) in [7, 11) is 0. The third-order valence-corrected chi connectivity index (χ3v) is 5.08. The lowest BCUT2D eigenvalue weighted by Crippen LogP contribution is -2.40.